The highest BCUT2D eigenvalue weighted by Gasteiger charge is 2.31. The standard InChI is InChI=1S/C18H16ClF3N2O4S/c19-16-8-7-14(29(26,27)24-9-1-2-10-24)11-15(16)17(25)23-12-3-5-13(6-4-12)28-18(20,21)22/h3-8,11H,1-2,9-10H2,(H,23,25). The van der Waals surface area contributed by atoms with Crippen molar-refractivity contribution in [1.29, 1.82) is 0 Å². The Morgan fingerprint density at radius 1 is 1.07 bits per heavy atom. The average molecular weight is 449 g/mol. The first-order valence-electron chi connectivity index (χ1n) is 8.53. The van der Waals surface area contributed by atoms with Crippen LogP contribution in [0.2, 0.25) is 5.02 Å². The summed E-state index contributed by atoms with van der Waals surface area (Å²) in [6.45, 7) is 0.831. The van der Waals surface area contributed by atoms with Gasteiger partial charge in [-0.05, 0) is 55.3 Å². The van der Waals surface area contributed by atoms with Gasteiger partial charge in [0, 0.05) is 18.8 Å². The SMILES string of the molecule is O=C(Nc1ccc(OC(F)(F)F)cc1)c1cc(S(=O)(=O)N2CCCC2)ccc1Cl. The molecule has 0 radical (unpaired) electrons. The van der Waals surface area contributed by atoms with Crippen molar-refractivity contribution in [2.24, 2.45) is 0 Å². The minimum absolute atomic E-state index is 0.0416. The maximum Gasteiger partial charge on any atom is 0.573 e. The number of hydrogen-bond acceptors (Lipinski definition) is 4. The van der Waals surface area contributed by atoms with E-state index in [1.807, 2.05) is 0 Å². The largest absolute Gasteiger partial charge is 0.573 e. The van der Waals surface area contributed by atoms with E-state index in [1.54, 1.807) is 0 Å². The van der Waals surface area contributed by atoms with E-state index in [-0.39, 0.29) is 21.2 Å². The Balaban J connectivity index is 1.79. The van der Waals surface area contributed by atoms with E-state index in [2.05, 4.69) is 10.1 Å². The van der Waals surface area contributed by atoms with Crippen molar-refractivity contribution >= 4 is 33.2 Å². The fourth-order valence-electron chi connectivity index (χ4n) is 2.85. The van der Waals surface area contributed by atoms with E-state index in [9.17, 15) is 26.4 Å². The Bertz CT molecular complexity index is 1000. The van der Waals surface area contributed by atoms with Gasteiger partial charge >= 0.3 is 6.36 Å². The number of benzene rings is 2. The number of ether oxygens (including phenoxy) is 1. The molecule has 0 atom stereocenters. The summed E-state index contributed by atoms with van der Waals surface area (Å²) < 4.78 is 67.1. The van der Waals surface area contributed by atoms with Crippen LogP contribution in [0.5, 0.6) is 5.75 Å². The molecule has 0 aliphatic carbocycles. The molecule has 1 heterocycles. The van der Waals surface area contributed by atoms with Gasteiger partial charge in [-0.3, -0.25) is 4.79 Å². The van der Waals surface area contributed by atoms with Crippen LogP contribution in [0.3, 0.4) is 0 Å². The van der Waals surface area contributed by atoms with Crippen LogP contribution in [0, 0.1) is 0 Å². The molecule has 0 unspecified atom stereocenters. The number of halogens is 4. The highest BCUT2D eigenvalue weighted by atomic mass is 35.5. The molecule has 1 aliphatic heterocycles. The van der Waals surface area contributed by atoms with Crippen LogP contribution in [0.4, 0.5) is 18.9 Å². The number of anilines is 1. The Morgan fingerprint density at radius 2 is 1.69 bits per heavy atom. The Hall–Kier alpha value is -2.30. The van der Waals surface area contributed by atoms with Crippen molar-refractivity contribution in [1.82, 2.24) is 4.31 Å². The van der Waals surface area contributed by atoms with Crippen molar-refractivity contribution < 1.29 is 31.1 Å². The van der Waals surface area contributed by atoms with Crippen LogP contribution >= 0.6 is 11.6 Å². The van der Waals surface area contributed by atoms with E-state index >= 15 is 0 Å². The molecule has 2 aromatic rings. The number of hydrogen-bond donors (Lipinski definition) is 1. The highest BCUT2D eigenvalue weighted by molar-refractivity contribution is 7.89. The summed E-state index contributed by atoms with van der Waals surface area (Å²) in [7, 11) is -3.74. The normalized spacial score (nSPS) is 15.3. The van der Waals surface area contributed by atoms with Gasteiger partial charge in [0.25, 0.3) is 5.91 Å². The minimum Gasteiger partial charge on any atom is -0.406 e. The lowest BCUT2D eigenvalue weighted by atomic mass is 10.2. The van der Waals surface area contributed by atoms with Crippen molar-refractivity contribution in [2.75, 3.05) is 18.4 Å². The van der Waals surface area contributed by atoms with E-state index < -0.39 is 28.0 Å². The van der Waals surface area contributed by atoms with Gasteiger partial charge in [0.2, 0.25) is 10.0 Å². The summed E-state index contributed by atoms with van der Waals surface area (Å²) >= 11 is 6.05. The molecular formula is C18H16ClF3N2O4S. The number of carbonyl (C=O) groups excluding carboxylic acids is 1. The number of nitrogens with zero attached hydrogens (tertiary/aromatic N) is 1. The zero-order chi connectivity index (χ0) is 21.2. The molecule has 3 rings (SSSR count). The molecule has 1 aliphatic rings. The lowest BCUT2D eigenvalue weighted by molar-refractivity contribution is -0.274. The zero-order valence-electron chi connectivity index (χ0n) is 14.9. The zero-order valence-corrected chi connectivity index (χ0v) is 16.4. The fourth-order valence-corrected chi connectivity index (χ4v) is 4.60. The number of sulfonamides is 1. The molecule has 0 bridgehead atoms. The molecule has 1 N–H and O–H groups in total. The second-order valence-electron chi connectivity index (χ2n) is 6.28. The summed E-state index contributed by atoms with van der Waals surface area (Å²) in [5, 5.41) is 2.51. The monoisotopic (exact) mass is 448 g/mol. The highest BCUT2D eigenvalue weighted by Crippen LogP contribution is 2.27. The molecule has 1 fully saturated rings. The molecule has 0 saturated carbocycles. The fraction of sp³-hybridized carbons (Fsp3) is 0.278. The second kappa shape index (κ2) is 8.21. The molecule has 0 spiro atoms. The minimum atomic E-state index is -4.82. The third kappa shape index (κ3) is 5.20. The van der Waals surface area contributed by atoms with E-state index in [4.69, 9.17) is 11.6 Å². The van der Waals surface area contributed by atoms with Crippen LogP contribution in [0.1, 0.15) is 23.2 Å². The van der Waals surface area contributed by atoms with Crippen LogP contribution in [0.25, 0.3) is 0 Å². The van der Waals surface area contributed by atoms with E-state index in [0.717, 1.165) is 25.0 Å². The van der Waals surface area contributed by atoms with Crippen LogP contribution in [-0.2, 0) is 10.0 Å². The molecule has 29 heavy (non-hydrogen) atoms. The van der Waals surface area contributed by atoms with Gasteiger partial charge in [-0.2, -0.15) is 4.31 Å². The Morgan fingerprint density at radius 3 is 2.28 bits per heavy atom. The van der Waals surface area contributed by atoms with Gasteiger partial charge in [0.1, 0.15) is 5.75 Å². The summed E-state index contributed by atoms with van der Waals surface area (Å²) in [6.07, 6.45) is -3.28. The van der Waals surface area contributed by atoms with Gasteiger partial charge in [0.05, 0.1) is 15.5 Å². The predicted molar refractivity (Wildman–Crippen MR) is 101 cm³/mol. The number of amides is 1. The molecule has 6 nitrogen and oxygen atoms in total. The van der Waals surface area contributed by atoms with E-state index in [1.165, 1.54) is 34.6 Å². The second-order valence-corrected chi connectivity index (χ2v) is 8.62. The molecule has 1 amide bonds. The number of alkyl halides is 3. The van der Waals surface area contributed by atoms with Crippen LogP contribution in [-0.4, -0.2) is 38.1 Å². The number of nitrogens with one attached hydrogen (secondary N) is 1. The van der Waals surface area contributed by atoms with Crippen molar-refractivity contribution in [3.05, 3.63) is 53.1 Å². The third-order valence-corrected chi connectivity index (χ3v) is 6.46. The lowest BCUT2D eigenvalue weighted by Gasteiger charge is -2.16. The maximum absolute atomic E-state index is 12.7. The molecular weight excluding hydrogens is 433 g/mol. The molecule has 0 aromatic heterocycles. The number of carbonyl (C=O) groups is 1. The third-order valence-electron chi connectivity index (χ3n) is 4.23. The summed E-state index contributed by atoms with van der Waals surface area (Å²) in [4.78, 5) is 12.5. The van der Waals surface area contributed by atoms with Gasteiger partial charge in [-0.25, -0.2) is 8.42 Å². The summed E-state index contributed by atoms with van der Waals surface area (Å²) in [5.41, 5.74) is 0.121. The van der Waals surface area contributed by atoms with Gasteiger partial charge in [-0.15, -0.1) is 13.2 Å². The topological polar surface area (TPSA) is 75.7 Å². The van der Waals surface area contributed by atoms with Crippen molar-refractivity contribution in [3.8, 4) is 5.75 Å². The van der Waals surface area contributed by atoms with Crippen LogP contribution < -0.4 is 10.1 Å². The molecule has 11 heteroatoms. The first kappa shape index (κ1) is 21.4. The summed E-state index contributed by atoms with van der Waals surface area (Å²) in [5.74, 6) is -1.13. The van der Waals surface area contributed by atoms with Gasteiger partial charge in [-0.1, -0.05) is 11.6 Å². The quantitative estimate of drug-likeness (QED) is 0.741. The molecule has 1 saturated heterocycles. The number of rotatable bonds is 5. The first-order chi connectivity index (χ1) is 13.6. The first-order valence-corrected chi connectivity index (χ1v) is 10.3. The van der Waals surface area contributed by atoms with Gasteiger partial charge < -0.3 is 10.1 Å². The average Bonchev–Trinajstić information content (AvgIpc) is 3.18. The Labute approximate surface area is 170 Å². The molecule has 156 valence electrons. The van der Waals surface area contributed by atoms with E-state index in [0.29, 0.717) is 13.1 Å². The molecule has 2 aromatic carbocycles. The lowest BCUT2D eigenvalue weighted by Crippen LogP contribution is -2.28. The smallest absolute Gasteiger partial charge is 0.406 e. The van der Waals surface area contributed by atoms with Gasteiger partial charge in [0.15, 0.2) is 0 Å². The van der Waals surface area contributed by atoms with Crippen molar-refractivity contribution in [3.63, 3.8) is 0 Å². The maximum atomic E-state index is 12.7. The van der Waals surface area contributed by atoms with Crippen LogP contribution in [0.15, 0.2) is 47.4 Å². The predicted octanol–water partition coefficient (Wildman–Crippen LogP) is 4.28. The van der Waals surface area contributed by atoms with Crippen molar-refractivity contribution in [2.45, 2.75) is 24.1 Å². The summed E-state index contributed by atoms with van der Waals surface area (Å²) in [6, 6.07) is 8.36. The Kier molecular flexibility index (Phi) is 6.06.